The topological polar surface area (TPSA) is 0 Å². The predicted molar refractivity (Wildman–Crippen MR) is 116 cm³/mol. The lowest BCUT2D eigenvalue weighted by Gasteiger charge is -2.22. The molecule has 0 spiro atoms. The van der Waals surface area contributed by atoms with Crippen LogP contribution in [0.15, 0.2) is 54.6 Å². The third-order valence-electron chi connectivity index (χ3n) is 4.89. The summed E-state index contributed by atoms with van der Waals surface area (Å²) in [7, 11) is -0.0334. The minimum atomic E-state index is -0.0334. The molecule has 1 heteroatoms. The molecule has 2 rings (SSSR count). The van der Waals surface area contributed by atoms with Gasteiger partial charge in [0.1, 0.15) is 0 Å². The zero-order valence-corrected chi connectivity index (χ0v) is 17.1. The molecule has 0 saturated heterocycles. The molecule has 136 valence electrons. The second-order valence-corrected chi connectivity index (χ2v) is 9.45. The molecule has 0 saturated carbocycles. The van der Waals surface area contributed by atoms with E-state index in [9.17, 15) is 0 Å². The lowest BCUT2D eigenvalue weighted by atomic mass is 10.1. The highest BCUT2D eigenvalue weighted by molar-refractivity contribution is 7.65. The summed E-state index contributed by atoms with van der Waals surface area (Å²) in [5.74, 6) is 0. The molecule has 0 nitrogen and oxygen atoms in total. The van der Waals surface area contributed by atoms with Gasteiger partial charge in [-0.3, -0.25) is 0 Å². The van der Waals surface area contributed by atoms with Crippen LogP contribution in [-0.4, -0.2) is 12.3 Å². The van der Waals surface area contributed by atoms with Crippen LogP contribution in [0, 0.1) is 0 Å². The van der Waals surface area contributed by atoms with Gasteiger partial charge >= 0.3 is 0 Å². The Balaban J connectivity index is 2.14. The molecule has 0 aliphatic carbocycles. The summed E-state index contributed by atoms with van der Waals surface area (Å²) in [5, 5.41) is 1.64. The SMILES string of the molecule is CCCCCCP(CCCCCC)c1ccccc1-c1ccccc1. The Labute approximate surface area is 156 Å². The van der Waals surface area contributed by atoms with Crippen molar-refractivity contribution in [1.29, 1.82) is 0 Å². The molecule has 25 heavy (non-hydrogen) atoms. The monoisotopic (exact) mass is 354 g/mol. The summed E-state index contributed by atoms with van der Waals surface area (Å²) in [6.07, 6.45) is 13.8. The normalized spacial score (nSPS) is 11.2. The molecular formula is C24H35P. The van der Waals surface area contributed by atoms with Gasteiger partial charge in [0.15, 0.2) is 0 Å². The van der Waals surface area contributed by atoms with Crippen molar-refractivity contribution in [2.45, 2.75) is 65.2 Å². The van der Waals surface area contributed by atoms with E-state index in [0.717, 1.165) is 0 Å². The zero-order chi connectivity index (χ0) is 17.7. The number of hydrogen-bond acceptors (Lipinski definition) is 0. The van der Waals surface area contributed by atoms with Crippen molar-refractivity contribution in [1.82, 2.24) is 0 Å². The van der Waals surface area contributed by atoms with Crippen molar-refractivity contribution in [2.24, 2.45) is 0 Å². The van der Waals surface area contributed by atoms with Crippen molar-refractivity contribution < 1.29 is 0 Å². The Bertz CT molecular complexity index is 564. The summed E-state index contributed by atoms with van der Waals surface area (Å²) >= 11 is 0. The lowest BCUT2D eigenvalue weighted by molar-refractivity contribution is 0.697. The van der Waals surface area contributed by atoms with E-state index >= 15 is 0 Å². The second-order valence-electron chi connectivity index (χ2n) is 6.99. The van der Waals surface area contributed by atoms with Gasteiger partial charge in [0.25, 0.3) is 0 Å². The largest absolute Gasteiger partial charge is 0.0746 e. The zero-order valence-electron chi connectivity index (χ0n) is 16.2. The Morgan fingerprint density at radius 3 is 1.76 bits per heavy atom. The van der Waals surface area contributed by atoms with Gasteiger partial charge in [-0.25, -0.2) is 0 Å². The van der Waals surface area contributed by atoms with Gasteiger partial charge in [-0.05, 0) is 41.6 Å². The van der Waals surface area contributed by atoms with Gasteiger partial charge in [-0.2, -0.15) is 0 Å². The van der Waals surface area contributed by atoms with E-state index in [2.05, 4.69) is 68.4 Å². The number of hydrogen-bond donors (Lipinski definition) is 0. The minimum Gasteiger partial charge on any atom is -0.0746 e. The van der Waals surface area contributed by atoms with Crippen molar-refractivity contribution in [2.75, 3.05) is 12.3 Å². The van der Waals surface area contributed by atoms with E-state index in [1.807, 2.05) is 0 Å². The third kappa shape index (κ3) is 6.95. The first-order valence-corrected chi connectivity index (χ1v) is 12.0. The molecule has 0 heterocycles. The van der Waals surface area contributed by atoms with Crippen LogP contribution in [0.4, 0.5) is 0 Å². The molecule has 2 aromatic carbocycles. The maximum Gasteiger partial charge on any atom is -0.0107 e. The molecule has 0 aliphatic heterocycles. The van der Waals surface area contributed by atoms with Crippen molar-refractivity contribution in [3.05, 3.63) is 54.6 Å². The van der Waals surface area contributed by atoms with E-state index in [-0.39, 0.29) is 7.92 Å². The molecule has 0 bridgehead atoms. The van der Waals surface area contributed by atoms with E-state index in [1.54, 1.807) is 5.30 Å². The molecule has 0 N–H and O–H groups in total. The molecule has 0 aromatic heterocycles. The highest BCUT2D eigenvalue weighted by Gasteiger charge is 2.15. The highest BCUT2D eigenvalue weighted by Crippen LogP contribution is 2.40. The molecular weight excluding hydrogens is 319 g/mol. The first-order valence-electron chi connectivity index (χ1n) is 10.3. The molecule has 0 radical (unpaired) electrons. The van der Waals surface area contributed by atoms with Gasteiger partial charge in [0.05, 0.1) is 0 Å². The fourth-order valence-electron chi connectivity index (χ4n) is 3.42. The smallest absolute Gasteiger partial charge is 0.0107 e. The molecule has 0 aliphatic rings. The molecule has 0 atom stereocenters. The number of unbranched alkanes of at least 4 members (excludes halogenated alkanes) is 6. The third-order valence-corrected chi connectivity index (χ3v) is 7.68. The maximum atomic E-state index is 2.41. The summed E-state index contributed by atoms with van der Waals surface area (Å²) in [4.78, 5) is 0. The predicted octanol–water partition coefficient (Wildman–Crippen LogP) is 7.62. The van der Waals surface area contributed by atoms with Gasteiger partial charge in [0.2, 0.25) is 0 Å². The second kappa shape index (κ2) is 12.3. The van der Waals surface area contributed by atoms with Crippen LogP contribution in [0.1, 0.15) is 65.2 Å². The van der Waals surface area contributed by atoms with Crippen LogP contribution in [0.25, 0.3) is 11.1 Å². The molecule has 0 fully saturated rings. The van der Waals surface area contributed by atoms with Crippen LogP contribution in [0.2, 0.25) is 0 Å². The van der Waals surface area contributed by atoms with Gasteiger partial charge in [-0.1, -0.05) is 115 Å². The van der Waals surface area contributed by atoms with Crippen LogP contribution in [0.3, 0.4) is 0 Å². The van der Waals surface area contributed by atoms with Crippen molar-refractivity contribution in [3.8, 4) is 11.1 Å². The summed E-state index contributed by atoms with van der Waals surface area (Å²) < 4.78 is 0. The first-order chi connectivity index (χ1) is 12.4. The average molecular weight is 355 g/mol. The quantitative estimate of drug-likeness (QED) is 0.271. The van der Waals surface area contributed by atoms with Crippen LogP contribution in [-0.2, 0) is 0 Å². The lowest BCUT2D eigenvalue weighted by Crippen LogP contribution is -2.10. The van der Waals surface area contributed by atoms with Crippen molar-refractivity contribution in [3.63, 3.8) is 0 Å². The molecule has 0 amide bonds. The van der Waals surface area contributed by atoms with Crippen LogP contribution >= 0.6 is 7.92 Å². The fraction of sp³-hybridized carbons (Fsp3) is 0.500. The fourth-order valence-corrected chi connectivity index (χ4v) is 6.18. The molecule has 2 aromatic rings. The number of benzene rings is 2. The van der Waals surface area contributed by atoms with Crippen LogP contribution < -0.4 is 5.30 Å². The Morgan fingerprint density at radius 2 is 1.16 bits per heavy atom. The van der Waals surface area contributed by atoms with Crippen LogP contribution in [0.5, 0.6) is 0 Å². The van der Waals surface area contributed by atoms with Gasteiger partial charge in [0, 0.05) is 0 Å². The Morgan fingerprint density at radius 1 is 0.600 bits per heavy atom. The van der Waals surface area contributed by atoms with Gasteiger partial charge in [-0.15, -0.1) is 0 Å². The Hall–Kier alpha value is -1.13. The van der Waals surface area contributed by atoms with Gasteiger partial charge < -0.3 is 0 Å². The first kappa shape index (κ1) is 20.2. The summed E-state index contributed by atoms with van der Waals surface area (Å²) in [6.45, 7) is 4.61. The summed E-state index contributed by atoms with van der Waals surface area (Å²) in [5.41, 5.74) is 2.85. The standard InChI is InChI=1S/C24H35P/c1-3-5-7-14-20-25(21-15-8-6-4-2)24-19-13-12-18-23(24)22-16-10-9-11-17-22/h9-13,16-19H,3-8,14-15,20-21H2,1-2H3. The summed E-state index contributed by atoms with van der Waals surface area (Å²) in [6, 6.07) is 20.2. The Kier molecular flexibility index (Phi) is 9.90. The average Bonchev–Trinajstić information content (AvgIpc) is 2.67. The number of rotatable bonds is 12. The van der Waals surface area contributed by atoms with E-state index < -0.39 is 0 Å². The molecule has 0 unspecified atom stereocenters. The van der Waals surface area contributed by atoms with E-state index in [1.165, 1.54) is 74.8 Å². The highest BCUT2D eigenvalue weighted by atomic mass is 31.1. The maximum absolute atomic E-state index is 2.41. The van der Waals surface area contributed by atoms with Crippen molar-refractivity contribution >= 4 is 13.2 Å². The van der Waals surface area contributed by atoms with E-state index in [0.29, 0.717) is 0 Å². The minimum absolute atomic E-state index is 0.0334. The van der Waals surface area contributed by atoms with E-state index in [4.69, 9.17) is 0 Å².